The number of aromatic carboxylic acids is 1. The van der Waals surface area contributed by atoms with Gasteiger partial charge in [0.25, 0.3) is 0 Å². The summed E-state index contributed by atoms with van der Waals surface area (Å²) in [5, 5.41) is 12.4. The Morgan fingerprint density at radius 2 is 2.33 bits per heavy atom. The molecule has 0 radical (unpaired) electrons. The van der Waals surface area contributed by atoms with Gasteiger partial charge >= 0.3 is 5.97 Å². The zero-order valence-electron chi connectivity index (χ0n) is 8.86. The van der Waals surface area contributed by atoms with Gasteiger partial charge in [0.05, 0.1) is 0 Å². The fourth-order valence-electron chi connectivity index (χ4n) is 2.20. The van der Waals surface area contributed by atoms with Crippen molar-refractivity contribution in [2.24, 2.45) is 7.05 Å². The van der Waals surface area contributed by atoms with Crippen molar-refractivity contribution in [3.8, 4) is 0 Å². The van der Waals surface area contributed by atoms with E-state index in [1.807, 2.05) is 13.1 Å². The van der Waals surface area contributed by atoms with Gasteiger partial charge in [-0.2, -0.15) is 0 Å². The molecule has 1 atom stereocenters. The van der Waals surface area contributed by atoms with Gasteiger partial charge in [-0.25, -0.2) is 4.79 Å². The number of hydrogen-bond acceptors (Lipinski definition) is 2. The maximum atomic E-state index is 10.9. The number of carboxylic acids is 1. The number of nitrogens with zero attached hydrogens (tertiary/aromatic N) is 1. The molecule has 0 spiro atoms. The van der Waals surface area contributed by atoms with E-state index in [0.29, 0.717) is 11.7 Å². The molecular weight excluding hydrogens is 192 g/mol. The normalized spacial score (nSPS) is 21.5. The lowest BCUT2D eigenvalue weighted by Gasteiger charge is -2.24. The molecule has 0 amide bonds. The van der Waals surface area contributed by atoms with Gasteiger partial charge in [0.2, 0.25) is 0 Å². The van der Waals surface area contributed by atoms with Crippen LogP contribution in [0, 0.1) is 0 Å². The average molecular weight is 208 g/mol. The van der Waals surface area contributed by atoms with E-state index in [1.54, 1.807) is 10.6 Å². The zero-order chi connectivity index (χ0) is 10.8. The lowest BCUT2D eigenvalue weighted by molar-refractivity contribution is 0.0686. The number of rotatable bonds is 2. The maximum absolute atomic E-state index is 10.9. The molecule has 4 nitrogen and oxygen atoms in total. The van der Waals surface area contributed by atoms with E-state index in [4.69, 9.17) is 5.11 Å². The summed E-state index contributed by atoms with van der Waals surface area (Å²) in [5.74, 6) is -0.862. The van der Waals surface area contributed by atoms with Crippen LogP contribution in [0.15, 0.2) is 12.1 Å². The molecule has 1 aliphatic heterocycles. The Kier molecular flexibility index (Phi) is 2.77. The molecule has 0 aromatic carbocycles. The van der Waals surface area contributed by atoms with Crippen molar-refractivity contribution in [2.75, 3.05) is 6.54 Å². The summed E-state index contributed by atoms with van der Waals surface area (Å²) >= 11 is 0. The van der Waals surface area contributed by atoms with Gasteiger partial charge in [-0.05, 0) is 31.5 Å². The van der Waals surface area contributed by atoms with E-state index in [1.165, 1.54) is 12.8 Å². The number of nitrogens with one attached hydrogen (secondary N) is 1. The molecule has 2 N–H and O–H groups in total. The monoisotopic (exact) mass is 208 g/mol. The molecule has 1 aromatic heterocycles. The van der Waals surface area contributed by atoms with Crippen LogP contribution >= 0.6 is 0 Å². The predicted molar refractivity (Wildman–Crippen MR) is 57.0 cm³/mol. The van der Waals surface area contributed by atoms with Crippen molar-refractivity contribution in [2.45, 2.75) is 25.3 Å². The molecular formula is C11H16N2O2. The largest absolute Gasteiger partial charge is 0.477 e. The van der Waals surface area contributed by atoms with Crippen LogP contribution in [-0.4, -0.2) is 22.2 Å². The third kappa shape index (κ3) is 1.90. The van der Waals surface area contributed by atoms with Crippen molar-refractivity contribution in [1.82, 2.24) is 9.88 Å². The zero-order valence-corrected chi connectivity index (χ0v) is 8.86. The van der Waals surface area contributed by atoms with Crippen LogP contribution in [0.2, 0.25) is 0 Å². The molecule has 2 heterocycles. The van der Waals surface area contributed by atoms with Crippen molar-refractivity contribution < 1.29 is 9.90 Å². The lowest BCUT2D eigenvalue weighted by Crippen LogP contribution is -2.28. The number of aromatic nitrogens is 1. The van der Waals surface area contributed by atoms with E-state index >= 15 is 0 Å². The standard InChI is InChI=1S/C11H16N2O2/c1-13-9(5-6-10(13)11(14)15)8-4-2-3-7-12-8/h5-6,8,12H,2-4,7H2,1H3,(H,14,15). The van der Waals surface area contributed by atoms with Gasteiger partial charge in [0.15, 0.2) is 0 Å². The molecule has 2 rings (SSSR count). The van der Waals surface area contributed by atoms with E-state index in [2.05, 4.69) is 5.32 Å². The van der Waals surface area contributed by atoms with Crippen LogP contribution in [-0.2, 0) is 7.05 Å². The number of carbonyl (C=O) groups is 1. The van der Waals surface area contributed by atoms with Gasteiger partial charge in [0, 0.05) is 18.8 Å². The second-order valence-electron chi connectivity index (χ2n) is 4.01. The molecule has 1 saturated heterocycles. The molecule has 4 heteroatoms. The molecule has 1 aromatic rings. The second-order valence-corrected chi connectivity index (χ2v) is 4.01. The highest BCUT2D eigenvalue weighted by Crippen LogP contribution is 2.24. The summed E-state index contributed by atoms with van der Waals surface area (Å²) in [5.41, 5.74) is 1.43. The Labute approximate surface area is 88.9 Å². The highest BCUT2D eigenvalue weighted by atomic mass is 16.4. The number of piperidine rings is 1. The minimum Gasteiger partial charge on any atom is -0.477 e. The van der Waals surface area contributed by atoms with Gasteiger partial charge in [-0.15, -0.1) is 0 Å². The lowest BCUT2D eigenvalue weighted by atomic mass is 10.0. The van der Waals surface area contributed by atoms with Crippen LogP contribution in [0.5, 0.6) is 0 Å². The van der Waals surface area contributed by atoms with Gasteiger partial charge in [0.1, 0.15) is 5.69 Å². The smallest absolute Gasteiger partial charge is 0.352 e. The Hall–Kier alpha value is -1.29. The summed E-state index contributed by atoms with van der Waals surface area (Å²) in [6.07, 6.45) is 3.52. The number of hydrogen-bond donors (Lipinski definition) is 2. The molecule has 0 aliphatic carbocycles. The fourth-order valence-corrected chi connectivity index (χ4v) is 2.20. The Morgan fingerprint density at radius 3 is 2.87 bits per heavy atom. The molecule has 1 unspecified atom stereocenters. The Morgan fingerprint density at radius 1 is 1.53 bits per heavy atom. The molecule has 15 heavy (non-hydrogen) atoms. The average Bonchev–Trinajstić information content (AvgIpc) is 2.61. The van der Waals surface area contributed by atoms with Crippen LogP contribution < -0.4 is 5.32 Å². The quantitative estimate of drug-likeness (QED) is 0.775. The van der Waals surface area contributed by atoms with E-state index < -0.39 is 5.97 Å². The molecule has 82 valence electrons. The fraction of sp³-hybridized carbons (Fsp3) is 0.545. The SMILES string of the molecule is Cn1c(C(=O)O)ccc1C1CCCCN1. The second kappa shape index (κ2) is 4.06. The van der Waals surface area contributed by atoms with E-state index in [0.717, 1.165) is 18.7 Å². The molecule has 1 aliphatic rings. The summed E-state index contributed by atoms with van der Waals surface area (Å²) < 4.78 is 1.77. The van der Waals surface area contributed by atoms with Gasteiger partial charge < -0.3 is 15.0 Å². The molecule has 0 saturated carbocycles. The molecule has 1 fully saturated rings. The van der Waals surface area contributed by atoms with E-state index in [9.17, 15) is 4.79 Å². The van der Waals surface area contributed by atoms with Crippen LogP contribution in [0.25, 0.3) is 0 Å². The summed E-state index contributed by atoms with van der Waals surface area (Å²) in [7, 11) is 1.81. The third-order valence-corrected chi connectivity index (χ3v) is 3.05. The number of carboxylic acid groups (broad SMARTS) is 1. The first-order chi connectivity index (χ1) is 7.20. The summed E-state index contributed by atoms with van der Waals surface area (Å²) in [6, 6.07) is 3.90. The Balaban J connectivity index is 2.24. The highest BCUT2D eigenvalue weighted by Gasteiger charge is 2.20. The van der Waals surface area contributed by atoms with Crippen LogP contribution in [0.1, 0.15) is 41.5 Å². The maximum Gasteiger partial charge on any atom is 0.352 e. The highest BCUT2D eigenvalue weighted by molar-refractivity contribution is 5.86. The van der Waals surface area contributed by atoms with Crippen LogP contribution in [0.3, 0.4) is 0 Å². The van der Waals surface area contributed by atoms with Crippen molar-refractivity contribution in [1.29, 1.82) is 0 Å². The summed E-state index contributed by atoms with van der Waals surface area (Å²) in [4.78, 5) is 10.9. The third-order valence-electron chi connectivity index (χ3n) is 3.05. The predicted octanol–water partition coefficient (Wildman–Crippen LogP) is 1.54. The van der Waals surface area contributed by atoms with Crippen molar-refractivity contribution in [3.05, 3.63) is 23.5 Å². The first-order valence-corrected chi connectivity index (χ1v) is 5.32. The van der Waals surface area contributed by atoms with Crippen molar-refractivity contribution >= 4 is 5.97 Å². The topological polar surface area (TPSA) is 54.3 Å². The molecule has 0 bridgehead atoms. The first kappa shape index (κ1) is 10.2. The first-order valence-electron chi connectivity index (χ1n) is 5.32. The van der Waals surface area contributed by atoms with Gasteiger partial charge in [-0.1, -0.05) is 6.42 Å². The Bertz CT molecular complexity index is 365. The van der Waals surface area contributed by atoms with Gasteiger partial charge in [-0.3, -0.25) is 0 Å². The van der Waals surface area contributed by atoms with Crippen molar-refractivity contribution in [3.63, 3.8) is 0 Å². The summed E-state index contributed by atoms with van der Waals surface area (Å²) in [6.45, 7) is 1.03. The van der Waals surface area contributed by atoms with Crippen LogP contribution in [0.4, 0.5) is 0 Å². The minimum atomic E-state index is -0.862. The minimum absolute atomic E-state index is 0.317. The van der Waals surface area contributed by atoms with E-state index in [-0.39, 0.29) is 0 Å².